The molecule has 0 heterocycles. The largest absolute Gasteiger partial charge is 0.462 e. The van der Waals surface area contributed by atoms with Gasteiger partial charge in [-0.3, -0.25) is 0 Å². The van der Waals surface area contributed by atoms with Gasteiger partial charge >= 0.3 is 5.97 Å². The predicted molar refractivity (Wildman–Crippen MR) is 85.6 cm³/mol. The van der Waals surface area contributed by atoms with Crippen LogP contribution in [0.5, 0.6) is 0 Å². The van der Waals surface area contributed by atoms with E-state index in [9.17, 15) is 4.79 Å². The van der Waals surface area contributed by atoms with Crippen LogP contribution in [0.2, 0.25) is 0 Å². The first kappa shape index (κ1) is 19.2. The molecule has 20 heavy (non-hydrogen) atoms. The summed E-state index contributed by atoms with van der Waals surface area (Å²) in [5.41, 5.74) is 0.478. The molecule has 3 nitrogen and oxygen atoms in total. The van der Waals surface area contributed by atoms with Gasteiger partial charge in [-0.2, -0.15) is 0 Å². The fourth-order valence-corrected chi connectivity index (χ4v) is 2.21. The summed E-state index contributed by atoms with van der Waals surface area (Å²) < 4.78 is 6.13. The second-order valence-corrected chi connectivity index (χ2v) is 6.42. The molecule has 0 rings (SSSR count). The number of hydrogen-bond donors (Lipinski definition) is 0. The highest BCUT2D eigenvalue weighted by Crippen LogP contribution is 2.09. The molecule has 0 radical (unpaired) electrons. The van der Waals surface area contributed by atoms with Crippen LogP contribution in [0.4, 0.5) is 0 Å². The molecule has 0 saturated heterocycles. The van der Waals surface area contributed by atoms with E-state index in [1.807, 2.05) is 0 Å². The predicted octanol–water partition coefficient (Wildman–Crippen LogP) is 3.93. The van der Waals surface area contributed by atoms with Gasteiger partial charge in [-0.1, -0.05) is 39.2 Å². The molecule has 0 aromatic heterocycles. The Morgan fingerprint density at radius 1 is 1.00 bits per heavy atom. The molecule has 0 atom stereocenters. The molecule has 0 spiro atoms. The highest BCUT2D eigenvalue weighted by atomic mass is 16.5. The third kappa shape index (κ3) is 11.0. The van der Waals surface area contributed by atoms with Crippen LogP contribution in [0.1, 0.15) is 58.8 Å². The van der Waals surface area contributed by atoms with Crippen LogP contribution < -0.4 is 0 Å². The maximum atomic E-state index is 11.2. The van der Waals surface area contributed by atoms with E-state index in [-0.39, 0.29) is 5.97 Å². The van der Waals surface area contributed by atoms with Crippen molar-refractivity contribution < 1.29 is 14.0 Å². The average molecular weight is 284 g/mol. The molecule has 0 saturated carbocycles. The number of rotatable bonds is 12. The third-order valence-corrected chi connectivity index (χ3v) is 3.61. The van der Waals surface area contributed by atoms with E-state index in [4.69, 9.17) is 4.74 Å². The first-order valence-corrected chi connectivity index (χ1v) is 8.03. The summed E-state index contributed by atoms with van der Waals surface area (Å²) in [5.74, 6) is -0.272. The summed E-state index contributed by atoms with van der Waals surface area (Å²) in [7, 11) is 4.51. The van der Waals surface area contributed by atoms with Crippen LogP contribution in [-0.4, -0.2) is 44.2 Å². The van der Waals surface area contributed by atoms with Crippen molar-refractivity contribution in [2.75, 3.05) is 33.8 Å². The fraction of sp³-hybridized carbons (Fsp3) is 0.824. The Morgan fingerprint density at radius 2 is 1.55 bits per heavy atom. The molecule has 0 fully saturated rings. The number of quaternary nitrogens is 1. The average Bonchev–Trinajstić information content (AvgIpc) is 2.38. The van der Waals surface area contributed by atoms with Crippen molar-refractivity contribution in [1.29, 1.82) is 0 Å². The van der Waals surface area contributed by atoms with Gasteiger partial charge in [-0.15, -0.1) is 0 Å². The number of nitrogens with zero attached hydrogens (tertiary/aromatic N) is 1. The second kappa shape index (κ2) is 10.9. The first-order valence-electron chi connectivity index (χ1n) is 8.03. The molecular formula is C17H34NO2+. The molecule has 118 valence electrons. The van der Waals surface area contributed by atoms with Crippen molar-refractivity contribution >= 4 is 5.97 Å². The molecule has 3 heteroatoms. The number of carbonyl (C=O) groups is 1. The summed E-state index contributed by atoms with van der Waals surface area (Å²) in [6.07, 6.45) is 8.97. The lowest BCUT2D eigenvalue weighted by Crippen LogP contribution is -2.41. The number of unbranched alkanes of at least 4 members (excludes halogenated alkanes) is 5. The Hall–Kier alpha value is -0.830. The minimum Gasteiger partial charge on any atom is -0.462 e. The molecule has 0 bridgehead atoms. The van der Waals surface area contributed by atoms with Gasteiger partial charge in [0.15, 0.2) is 0 Å². The number of hydrogen-bond acceptors (Lipinski definition) is 2. The topological polar surface area (TPSA) is 26.3 Å². The fourth-order valence-electron chi connectivity index (χ4n) is 2.21. The Kier molecular flexibility index (Phi) is 10.4. The van der Waals surface area contributed by atoms with Crippen molar-refractivity contribution in [3.63, 3.8) is 0 Å². The first-order chi connectivity index (χ1) is 9.39. The minimum absolute atomic E-state index is 0.272. The summed E-state index contributed by atoms with van der Waals surface area (Å²) >= 11 is 0. The van der Waals surface area contributed by atoms with Crippen LogP contribution in [0, 0.1) is 0 Å². The minimum atomic E-state index is -0.272. The van der Waals surface area contributed by atoms with Crippen LogP contribution in [0.25, 0.3) is 0 Å². The molecule has 0 amide bonds. The van der Waals surface area contributed by atoms with E-state index in [1.165, 1.54) is 45.1 Å². The summed E-state index contributed by atoms with van der Waals surface area (Å²) in [5, 5.41) is 0. The van der Waals surface area contributed by atoms with Gasteiger partial charge < -0.3 is 9.22 Å². The molecule has 0 aliphatic rings. The Labute approximate surface area is 125 Å². The van der Waals surface area contributed by atoms with Gasteiger partial charge in [0.1, 0.15) is 0 Å². The highest BCUT2D eigenvalue weighted by Gasteiger charge is 2.14. The van der Waals surface area contributed by atoms with Gasteiger partial charge in [-0.25, -0.2) is 4.79 Å². The van der Waals surface area contributed by atoms with Crippen molar-refractivity contribution in [3.8, 4) is 0 Å². The zero-order chi connectivity index (χ0) is 15.4. The molecule has 0 aromatic rings. The van der Waals surface area contributed by atoms with E-state index in [1.54, 1.807) is 6.92 Å². The summed E-state index contributed by atoms with van der Waals surface area (Å²) in [6, 6.07) is 0. The molecule has 0 aliphatic heterocycles. The normalized spacial score (nSPS) is 11.4. The van der Waals surface area contributed by atoms with E-state index in [0.29, 0.717) is 12.2 Å². The molecule has 0 N–H and O–H groups in total. The number of ether oxygens (including phenoxy) is 1. The van der Waals surface area contributed by atoms with Crippen molar-refractivity contribution in [2.24, 2.45) is 0 Å². The highest BCUT2D eigenvalue weighted by molar-refractivity contribution is 5.86. The quantitative estimate of drug-likeness (QED) is 0.235. The van der Waals surface area contributed by atoms with Crippen LogP contribution in [0.3, 0.4) is 0 Å². The van der Waals surface area contributed by atoms with E-state index >= 15 is 0 Å². The summed E-state index contributed by atoms with van der Waals surface area (Å²) in [4.78, 5) is 11.2. The third-order valence-electron chi connectivity index (χ3n) is 3.61. The van der Waals surface area contributed by atoms with Crippen LogP contribution in [0.15, 0.2) is 12.2 Å². The lowest BCUT2D eigenvalue weighted by molar-refractivity contribution is -0.890. The Bertz CT molecular complexity index is 285. The lowest BCUT2D eigenvalue weighted by Gasteiger charge is -2.29. The zero-order valence-electron chi connectivity index (χ0n) is 14.0. The van der Waals surface area contributed by atoms with Crippen molar-refractivity contribution in [2.45, 2.75) is 58.8 Å². The molecular weight excluding hydrogens is 250 g/mol. The monoisotopic (exact) mass is 284 g/mol. The van der Waals surface area contributed by atoms with E-state index in [0.717, 1.165) is 17.4 Å². The smallest absolute Gasteiger partial charge is 0.333 e. The van der Waals surface area contributed by atoms with Crippen molar-refractivity contribution in [1.82, 2.24) is 0 Å². The van der Waals surface area contributed by atoms with Gasteiger partial charge in [0.05, 0.1) is 33.8 Å². The second-order valence-electron chi connectivity index (χ2n) is 6.42. The number of carbonyl (C=O) groups excluding carboxylic acids is 1. The maximum Gasteiger partial charge on any atom is 0.333 e. The Balaban J connectivity index is 3.58. The maximum absolute atomic E-state index is 11.2. The van der Waals surface area contributed by atoms with E-state index < -0.39 is 0 Å². The SMILES string of the molecule is C=C(C)C(=O)OCCC[N+](C)(C)CCCCCCCC. The molecule has 0 unspecified atom stereocenters. The molecule has 0 aliphatic carbocycles. The zero-order valence-corrected chi connectivity index (χ0v) is 14.0. The van der Waals surface area contributed by atoms with Crippen LogP contribution >= 0.6 is 0 Å². The summed E-state index contributed by atoms with van der Waals surface area (Å²) in [6.45, 7) is 10.3. The van der Waals surface area contributed by atoms with Gasteiger partial charge in [0.25, 0.3) is 0 Å². The Morgan fingerprint density at radius 3 is 2.15 bits per heavy atom. The van der Waals surface area contributed by atoms with Gasteiger partial charge in [-0.05, 0) is 19.8 Å². The van der Waals surface area contributed by atoms with Crippen molar-refractivity contribution in [3.05, 3.63) is 12.2 Å². The van der Waals surface area contributed by atoms with Crippen LogP contribution in [-0.2, 0) is 9.53 Å². The molecule has 0 aromatic carbocycles. The number of esters is 1. The van der Waals surface area contributed by atoms with Gasteiger partial charge in [0, 0.05) is 12.0 Å². The lowest BCUT2D eigenvalue weighted by atomic mass is 10.1. The van der Waals surface area contributed by atoms with Gasteiger partial charge in [0.2, 0.25) is 0 Å². The standard InChI is InChI=1S/C17H34NO2/c1-6-7-8-9-10-11-13-18(4,5)14-12-15-20-17(19)16(2)3/h2,6-15H2,1,3-5H3/q+1. The van der Waals surface area contributed by atoms with E-state index in [2.05, 4.69) is 27.6 Å².